The van der Waals surface area contributed by atoms with Crippen molar-refractivity contribution in [1.29, 1.82) is 0 Å². The Bertz CT molecular complexity index is 1100. The molecule has 2 N–H and O–H groups in total. The van der Waals surface area contributed by atoms with E-state index in [1.165, 1.54) is 11.1 Å². The molecule has 2 aromatic heterocycles. The Morgan fingerprint density at radius 2 is 2.03 bits per heavy atom. The van der Waals surface area contributed by atoms with Crippen LogP contribution >= 0.6 is 0 Å². The van der Waals surface area contributed by atoms with Crippen LogP contribution in [0.3, 0.4) is 0 Å². The smallest absolute Gasteiger partial charge is 0.0962 e. The van der Waals surface area contributed by atoms with E-state index in [-0.39, 0.29) is 12.5 Å². The summed E-state index contributed by atoms with van der Waals surface area (Å²) in [4.78, 5) is 4.49. The molecule has 1 aromatic carbocycles. The van der Waals surface area contributed by atoms with Gasteiger partial charge in [0.05, 0.1) is 35.9 Å². The van der Waals surface area contributed by atoms with Crippen LogP contribution in [0.4, 0.5) is 0 Å². The van der Waals surface area contributed by atoms with Crippen LogP contribution in [-0.4, -0.2) is 43.8 Å². The molecule has 7 heteroatoms. The van der Waals surface area contributed by atoms with Crippen molar-refractivity contribution in [1.82, 2.24) is 24.8 Å². The number of aliphatic hydroxyl groups is 1. The maximum Gasteiger partial charge on any atom is 0.0962 e. The van der Waals surface area contributed by atoms with Gasteiger partial charge in [0.2, 0.25) is 0 Å². The number of hydrogen-bond donors (Lipinski definition) is 2. The van der Waals surface area contributed by atoms with E-state index in [0.29, 0.717) is 5.71 Å². The van der Waals surface area contributed by atoms with Gasteiger partial charge in [0.1, 0.15) is 0 Å². The second-order valence-corrected chi connectivity index (χ2v) is 7.37. The lowest BCUT2D eigenvalue weighted by Gasteiger charge is -2.10. The molecule has 0 aliphatic rings. The Kier molecular flexibility index (Phi) is 12.9. The van der Waals surface area contributed by atoms with E-state index < -0.39 is 0 Å². The van der Waals surface area contributed by atoms with Crippen molar-refractivity contribution in [3.05, 3.63) is 78.9 Å². The van der Waals surface area contributed by atoms with Crippen LogP contribution in [0.15, 0.2) is 72.9 Å². The van der Waals surface area contributed by atoms with Gasteiger partial charge in [-0.2, -0.15) is 10.2 Å². The molecule has 0 amide bonds. The molecule has 3 aromatic rings. The van der Waals surface area contributed by atoms with Crippen LogP contribution in [0, 0.1) is 0 Å². The van der Waals surface area contributed by atoms with Crippen molar-refractivity contribution in [2.75, 3.05) is 13.7 Å². The predicted molar refractivity (Wildman–Crippen MR) is 145 cm³/mol. The molecule has 7 nitrogen and oxygen atoms in total. The zero-order valence-corrected chi connectivity index (χ0v) is 21.7. The fraction of sp³-hybridized carbons (Fsp3) is 0.370. The third-order valence-electron chi connectivity index (χ3n) is 5.06. The molecule has 0 radical (unpaired) electrons. The molecule has 0 spiro atoms. The minimum absolute atomic E-state index is 0.0447. The lowest BCUT2D eigenvalue weighted by atomic mass is 10.00. The predicted octanol–water partition coefficient (Wildman–Crippen LogP) is 5.23. The van der Waals surface area contributed by atoms with Crippen LogP contribution < -0.4 is 5.43 Å². The molecular weight excluding hydrogens is 424 g/mol. The van der Waals surface area contributed by atoms with Gasteiger partial charge in [-0.3, -0.25) is 4.68 Å². The maximum atomic E-state index is 9.10. The number of imidazole rings is 1. The van der Waals surface area contributed by atoms with E-state index in [1.807, 2.05) is 65.0 Å². The number of nitrogens with one attached hydrogen (secondary N) is 1. The number of hydrogen-bond acceptors (Lipinski definition) is 5. The fourth-order valence-corrected chi connectivity index (χ4v) is 3.32. The molecule has 3 rings (SSSR count). The van der Waals surface area contributed by atoms with Crippen molar-refractivity contribution in [3.8, 4) is 0 Å². The van der Waals surface area contributed by atoms with Gasteiger partial charge < -0.3 is 15.1 Å². The van der Waals surface area contributed by atoms with Crippen molar-refractivity contribution >= 4 is 22.3 Å². The molecule has 1 unspecified atom stereocenters. The Morgan fingerprint density at radius 1 is 1.29 bits per heavy atom. The van der Waals surface area contributed by atoms with Gasteiger partial charge in [0.25, 0.3) is 0 Å². The molecule has 34 heavy (non-hydrogen) atoms. The van der Waals surface area contributed by atoms with Crippen molar-refractivity contribution in [2.24, 2.45) is 19.2 Å². The molecule has 0 saturated carbocycles. The molecular formula is C27H40N6O. The highest BCUT2D eigenvalue weighted by atomic mass is 16.3. The summed E-state index contributed by atoms with van der Waals surface area (Å²) in [6.07, 6.45) is 14.7. The van der Waals surface area contributed by atoms with Gasteiger partial charge in [0, 0.05) is 38.8 Å². The van der Waals surface area contributed by atoms with E-state index >= 15 is 0 Å². The highest BCUT2D eigenvalue weighted by molar-refractivity contribution is 5.92. The Balaban J connectivity index is 0.000000326. The summed E-state index contributed by atoms with van der Waals surface area (Å²) in [5.74, 6) is 0.0844. The molecule has 0 aliphatic heterocycles. The third-order valence-corrected chi connectivity index (χ3v) is 5.06. The largest absolute Gasteiger partial charge is 0.390 e. The Labute approximate surface area is 204 Å². The van der Waals surface area contributed by atoms with Crippen molar-refractivity contribution in [2.45, 2.75) is 40.0 Å². The quantitative estimate of drug-likeness (QED) is 0.207. The highest BCUT2D eigenvalue weighted by Gasteiger charge is 2.13. The zero-order chi connectivity index (χ0) is 25.5. The average molecular weight is 465 g/mol. The SMILES string of the molecule is C=CC/C=C(\C=C/C)c1cccc2c1ncn2C.CC.CN/N=C(/CO)C(C)c1cnn(C)c1. The summed E-state index contributed by atoms with van der Waals surface area (Å²) in [6, 6.07) is 6.28. The first-order valence-electron chi connectivity index (χ1n) is 11.6. The van der Waals surface area contributed by atoms with Crippen LogP contribution in [0.25, 0.3) is 16.6 Å². The normalized spacial score (nSPS) is 12.6. The maximum absolute atomic E-state index is 9.10. The molecule has 184 valence electrons. The molecule has 1 atom stereocenters. The number of aryl methyl sites for hydroxylation is 2. The van der Waals surface area contributed by atoms with E-state index in [9.17, 15) is 0 Å². The Morgan fingerprint density at radius 3 is 2.59 bits per heavy atom. The summed E-state index contributed by atoms with van der Waals surface area (Å²) in [7, 11) is 5.59. The average Bonchev–Trinajstić information content (AvgIpc) is 3.47. The number of hydrazone groups is 1. The molecule has 0 bridgehead atoms. The number of fused-ring (bicyclic) bond motifs is 1. The minimum Gasteiger partial charge on any atom is -0.390 e. The van der Waals surface area contributed by atoms with Crippen LogP contribution in [0.5, 0.6) is 0 Å². The van der Waals surface area contributed by atoms with E-state index in [4.69, 9.17) is 5.11 Å². The molecule has 2 heterocycles. The number of allylic oxidation sites excluding steroid dienone is 5. The second kappa shape index (κ2) is 15.4. The first-order chi connectivity index (χ1) is 16.5. The van der Waals surface area contributed by atoms with E-state index in [2.05, 4.69) is 63.6 Å². The van der Waals surface area contributed by atoms with E-state index in [1.54, 1.807) is 17.9 Å². The van der Waals surface area contributed by atoms with Crippen LogP contribution in [0.2, 0.25) is 0 Å². The van der Waals surface area contributed by atoms with Gasteiger partial charge in [-0.25, -0.2) is 4.98 Å². The van der Waals surface area contributed by atoms with Crippen LogP contribution in [0.1, 0.15) is 51.2 Å². The first kappa shape index (κ1) is 28.6. The number of aromatic nitrogens is 4. The number of rotatable bonds is 8. The number of nitrogens with zero attached hydrogens (tertiary/aromatic N) is 5. The molecule has 0 saturated heterocycles. The fourth-order valence-electron chi connectivity index (χ4n) is 3.32. The van der Waals surface area contributed by atoms with Gasteiger partial charge in [-0.05, 0) is 30.5 Å². The Hall–Kier alpha value is -3.45. The summed E-state index contributed by atoms with van der Waals surface area (Å²) >= 11 is 0. The lowest BCUT2D eigenvalue weighted by Crippen LogP contribution is -2.17. The summed E-state index contributed by atoms with van der Waals surface area (Å²) in [5, 5.41) is 17.2. The summed E-state index contributed by atoms with van der Waals surface area (Å²) in [5.41, 5.74) is 9.01. The zero-order valence-electron chi connectivity index (χ0n) is 21.7. The van der Waals surface area contributed by atoms with Crippen molar-refractivity contribution < 1.29 is 5.11 Å². The number of para-hydroxylation sites is 1. The molecule has 0 aliphatic carbocycles. The number of aliphatic hydroxyl groups excluding tert-OH is 1. The van der Waals surface area contributed by atoms with Gasteiger partial charge in [-0.15, -0.1) is 6.58 Å². The highest BCUT2D eigenvalue weighted by Crippen LogP contribution is 2.25. The minimum atomic E-state index is -0.0447. The topological polar surface area (TPSA) is 80.3 Å². The van der Waals surface area contributed by atoms with Gasteiger partial charge in [0.15, 0.2) is 0 Å². The molecule has 0 fully saturated rings. The summed E-state index contributed by atoms with van der Waals surface area (Å²) in [6.45, 7) is 11.7. The van der Waals surface area contributed by atoms with Gasteiger partial charge in [-0.1, -0.05) is 57.2 Å². The lowest BCUT2D eigenvalue weighted by molar-refractivity contribution is 0.352. The third kappa shape index (κ3) is 7.85. The first-order valence-corrected chi connectivity index (χ1v) is 11.6. The second-order valence-electron chi connectivity index (χ2n) is 7.37. The number of benzene rings is 1. The van der Waals surface area contributed by atoms with Gasteiger partial charge >= 0.3 is 0 Å². The summed E-state index contributed by atoms with van der Waals surface area (Å²) < 4.78 is 3.78. The van der Waals surface area contributed by atoms with Crippen molar-refractivity contribution in [3.63, 3.8) is 0 Å². The monoisotopic (exact) mass is 464 g/mol. The van der Waals surface area contributed by atoms with E-state index in [0.717, 1.165) is 23.0 Å². The standard InChI is InChI=1S/C16H18N2.C9H16N4O.C2H6/c1-4-6-9-13(8-5-2)14-10-7-11-15-16(14)17-12-18(15)3;1-7(9(6-14)12-10-2)8-4-11-13(3)5-8;1-2/h4-5,7-12H,1,6H2,2-3H3;4-5,7,10,14H,6H2,1-3H3;1-2H3/b8-5-,13-9+;12-9-;. The van der Waals surface area contributed by atoms with Crippen LogP contribution in [-0.2, 0) is 14.1 Å².